The van der Waals surface area contributed by atoms with E-state index in [0.717, 1.165) is 22.4 Å². The Morgan fingerprint density at radius 1 is 0.917 bits per heavy atom. The van der Waals surface area contributed by atoms with Crippen molar-refractivity contribution in [2.24, 2.45) is 0 Å². The first kappa shape index (κ1) is 16.0. The van der Waals surface area contributed by atoms with E-state index >= 15 is 0 Å². The first-order chi connectivity index (χ1) is 11.4. The summed E-state index contributed by atoms with van der Waals surface area (Å²) in [6.45, 7) is 8.10. The number of carbonyl (C=O) groups excluding carboxylic acids is 1. The Kier molecular flexibility index (Phi) is 4.21. The van der Waals surface area contributed by atoms with Crippen molar-refractivity contribution < 1.29 is 9.32 Å². The summed E-state index contributed by atoms with van der Waals surface area (Å²) in [5.74, 6) is 0.316. The molecule has 0 atom stereocenters. The zero-order valence-electron chi connectivity index (χ0n) is 14.3. The van der Waals surface area contributed by atoms with Gasteiger partial charge in [-0.15, -0.1) is 0 Å². The van der Waals surface area contributed by atoms with Crippen LogP contribution in [0.3, 0.4) is 0 Å². The second-order valence-corrected chi connectivity index (χ2v) is 6.15. The van der Waals surface area contributed by atoms with Crippen molar-refractivity contribution in [2.45, 2.75) is 27.7 Å². The van der Waals surface area contributed by atoms with Crippen molar-refractivity contribution in [2.75, 3.05) is 5.32 Å². The van der Waals surface area contributed by atoms with Crippen molar-refractivity contribution in [1.82, 2.24) is 5.16 Å². The van der Waals surface area contributed by atoms with Crippen LogP contribution in [0.4, 0.5) is 5.69 Å². The first-order valence-corrected chi connectivity index (χ1v) is 7.87. The summed E-state index contributed by atoms with van der Waals surface area (Å²) in [5.41, 5.74) is 6.55. The van der Waals surface area contributed by atoms with Crippen molar-refractivity contribution in [3.8, 4) is 11.3 Å². The molecule has 3 rings (SSSR count). The van der Waals surface area contributed by atoms with Crippen molar-refractivity contribution in [3.63, 3.8) is 0 Å². The number of anilines is 1. The monoisotopic (exact) mass is 320 g/mol. The van der Waals surface area contributed by atoms with Crippen LogP contribution in [0.5, 0.6) is 0 Å². The average Bonchev–Trinajstić information content (AvgIpc) is 3.01. The molecular formula is C20H20N2O2. The summed E-state index contributed by atoms with van der Waals surface area (Å²) < 4.78 is 5.36. The number of hydrogen-bond acceptors (Lipinski definition) is 3. The third-order valence-electron chi connectivity index (χ3n) is 4.15. The standard InChI is InChI=1S/C20H20N2O2/c1-12-5-8-17(15(4)9-12)19-11-18(22-24-19)20(23)21-16-7-6-13(2)14(3)10-16/h5-11H,1-4H3,(H,21,23). The number of carbonyl (C=O) groups is 1. The van der Waals surface area contributed by atoms with E-state index in [1.807, 2.05) is 58.0 Å². The van der Waals surface area contributed by atoms with Crippen molar-refractivity contribution >= 4 is 11.6 Å². The Hall–Kier alpha value is -2.88. The van der Waals surface area contributed by atoms with Gasteiger partial charge in [-0.3, -0.25) is 4.79 Å². The number of nitrogens with zero attached hydrogens (tertiary/aromatic N) is 1. The topological polar surface area (TPSA) is 55.1 Å². The van der Waals surface area contributed by atoms with Crippen molar-refractivity contribution in [3.05, 3.63) is 70.4 Å². The van der Waals surface area contributed by atoms with Crippen molar-refractivity contribution in [1.29, 1.82) is 0 Å². The molecule has 0 saturated carbocycles. The van der Waals surface area contributed by atoms with Crippen LogP contribution in [0.15, 0.2) is 47.0 Å². The van der Waals surface area contributed by atoms with Crippen LogP contribution in [-0.2, 0) is 0 Å². The van der Waals surface area contributed by atoms with E-state index in [9.17, 15) is 4.79 Å². The summed E-state index contributed by atoms with van der Waals surface area (Å²) in [6, 6.07) is 13.6. The van der Waals surface area contributed by atoms with Gasteiger partial charge in [-0.1, -0.05) is 35.0 Å². The van der Waals surface area contributed by atoms with E-state index in [-0.39, 0.29) is 11.6 Å². The van der Waals surface area contributed by atoms with Gasteiger partial charge in [0.05, 0.1) is 0 Å². The molecule has 3 aromatic rings. The van der Waals surface area contributed by atoms with Gasteiger partial charge in [0.1, 0.15) is 0 Å². The molecule has 1 amide bonds. The van der Waals surface area contributed by atoms with Gasteiger partial charge in [-0.25, -0.2) is 0 Å². The maximum atomic E-state index is 12.4. The molecule has 0 aliphatic carbocycles. The van der Waals surface area contributed by atoms with E-state index in [4.69, 9.17) is 4.52 Å². The fourth-order valence-corrected chi connectivity index (χ4v) is 2.61. The number of hydrogen-bond donors (Lipinski definition) is 1. The molecule has 1 aromatic heterocycles. The lowest BCUT2D eigenvalue weighted by Crippen LogP contribution is -2.12. The summed E-state index contributed by atoms with van der Waals surface area (Å²) in [6.07, 6.45) is 0. The number of amides is 1. The van der Waals surface area contributed by atoms with Crippen LogP contribution in [0, 0.1) is 27.7 Å². The second kappa shape index (κ2) is 6.32. The lowest BCUT2D eigenvalue weighted by atomic mass is 10.0. The van der Waals surface area contributed by atoms with E-state index in [1.165, 1.54) is 11.1 Å². The smallest absolute Gasteiger partial charge is 0.277 e. The second-order valence-electron chi connectivity index (χ2n) is 6.15. The lowest BCUT2D eigenvalue weighted by Gasteiger charge is -2.05. The van der Waals surface area contributed by atoms with E-state index in [1.54, 1.807) is 6.07 Å². The Morgan fingerprint density at radius 2 is 1.71 bits per heavy atom. The fourth-order valence-electron chi connectivity index (χ4n) is 2.61. The zero-order valence-corrected chi connectivity index (χ0v) is 14.3. The van der Waals surface area contributed by atoms with Gasteiger partial charge in [0.25, 0.3) is 5.91 Å². The number of nitrogens with one attached hydrogen (secondary N) is 1. The largest absolute Gasteiger partial charge is 0.355 e. The van der Waals surface area contributed by atoms with Gasteiger partial charge in [0, 0.05) is 17.3 Å². The molecule has 0 aliphatic heterocycles. The Morgan fingerprint density at radius 3 is 2.42 bits per heavy atom. The number of benzene rings is 2. The minimum absolute atomic E-state index is 0.267. The molecule has 2 aromatic carbocycles. The molecule has 1 heterocycles. The molecule has 0 aliphatic rings. The first-order valence-electron chi connectivity index (χ1n) is 7.87. The fraction of sp³-hybridized carbons (Fsp3) is 0.200. The number of aromatic nitrogens is 1. The molecule has 0 bridgehead atoms. The Labute approximate surface area is 141 Å². The van der Waals surface area contributed by atoms with Gasteiger partial charge >= 0.3 is 0 Å². The van der Waals surface area contributed by atoms with Crippen LogP contribution in [-0.4, -0.2) is 11.1 Å². The maximum Gasteiger partial charge on any atom is 0.277 e. The molecule has 0 spiro atoms. The number of rotatable bonds is 3. The minimum Gasteiger partial charge on any atom is -0.355 e. The minimum atomic E-state index is -0.280. The average molecular weight is 320 g/mol. The number of aryl methyl sites for hydroxylation is 4. The highest BCUT2D eigenvalue weighted by atomic mass is 16.5. The van der Waals surface area contributed by atoms with Crippen LogP contribution in [0.2, 0.25) is 0 Å². The molecule has 0 saturated heterocycles. The molecule has 122 valence electrons. The van der Waals surface area contributed by atoms with Gasteiger partial charge < -0.3 is 9.84 Å². The summed E-state index contributed by atoms with van der Waals surface area (Å²) in [4.78, 5) is 12.4. The quantitative estimate of drug-likeness (QED) is 0.752. The molecular weight excluding hydrogens is 300 g/mol. The zero-order chi connectivity index (χ0) is 17.3. The van der Waals surface area contributed by atoms with Gasteiger partial charge in [-0.05, 0) is 56.5 Å². The molecule has 0 radical (unpaired) electrons. The van der Waals surface area contributed by atoms with E-state index < -0.39 is 0 Å². The maximum absolute atomic E-state index is 12.4. The third kappa shape index (κ3) is 3.23. The molecule has 0 fully saturated rings. The summed E-state index contributed by atoms with van der Waals surface area (Å²) >= 11 is 0. The Bertz CT molecular complexity index is 910. The highest BCUT2D eigenvalue weighted by Crippen LogP contribution is 2.25. The highest BCUT2D eigenvalue weighted by Gasteiger charge is 2.15. The lowest BCUT2D eigenvalue weighted by molar-refractivity contribution is 0.101. The van der Waals surface area contributed by atoms with Crippen LogP contribution in [0.25, 0.3) is 11.3 Å². The normalized spacial score (nSPS) is 10.7. The predicted octanol–water partition coefficient (Wildman–Crippen LogP) is 4.83. The third-order valence-corrected chi connectivity index (χ3v) is 4.15. The van der Waals surface area contributed by atoms with Crippen LogP contribution in [0.1, 0.15) is 32.7 Å². The van der Waals surface area contributed by atoms with Crippen LogP contribution < -0.4 is 5.32 Å². The van der Waals surface area contributed by atoms with E-state index in [0.29, 0.717) is 5.76 Å². The molecule has 24 heavy (non-hydrogen) atoms. The SMILES string of the molecule is Cc1ccc(-c2cc(C(=O)Nc3ccc(C)c(C)c3)no2)c(C)c1. The molecule has 4 nitrogen and oxygen atoms in total. The molecule has 1 N–H and O–H groups in total. The van der Waals surface area contributed by atoms with E-state index in [2.05, 4.69) is 16.5 Å². The highest BCUT2D eigenvalue weighted by molar-refractivity contribution is 6.03. The van der Waals surface area contributed by atoms with Gasteiger partial charge in [0.15, 0.2) is 11.5 Å². The Balaban J connectivity index is 1.82. The summed E-state index contributed by atoms with van der Waals surface area (Å²) in [5, 5.41) is 6.76. The summed E-state index contributed by atoms with van der Waals surface area (Å²) in [7, 11) is 0. The van der Waals surface area contributed by atoms with Crippen LogP contribution >= 0.6 is 0 Å². The predicted molar refractivity (Wildman–Crippen MR) is 95.3 cm³/mol. The molecule has 4 heteroatoms. The van der Waals surface area contributed by atoms with Gasteiger partial charge in [-0.2, -0.15) is 0 Å². The molecule has 0 unspecified atom stereocenters. The van der Waals surface area contributed by atoms with Gasteiger partial charge in [0.2, 0.25) is 0 Å².